The molecule has 0 aromatic rings. The van der Waals surface area contributed by atoms with Gasteiger partial charge in [0, 0.05) is 5.70 Å². The Morgan fingerprint density at radius 3 is 2.70 bits per heavy atom. The van der Waals surface area contributed by atoms with E-state index in [9.17, 15) is 4.79 Å². The van der Waals surface area contributed by atoms with Gasteiger partial charge in [0.25, 0.3) is 0 Å². The number of allylic oxidation sites excluding steroid dienone is 1. The van der Waals surface area contributed by atoms with Crippen molar-refractivity contribution in [1.29, 1.82) is 0 Å². The SMILES string of the molecule is CC1=C(C)C2N[C@H]2C(=O)N1. The van der Waals surface area contributed by atoms with Crippen LogP contribution in [0.4, 0.5) is 0 Å². The summed E-state index contributed by atoms with van der Waals surface area (Å²) in [5.41, 5.74) is 2.28. The quantitative estimate of drug-likeness (QED) is 0.453. The molecule has 3 nitrogen and oxygen atoms in total. The van der Waals surface area contributed by atoms with Crippen molar-refractivity contribution in [3.05, 3.63) is 11.3 Å². The van der Waals surface area contributed by atoms with Crippen LogP contribution in [0.5, 0.6) is 0 Å². The van der Waals surface area contributed by atoms with E-state index in [1.807, 2.05) is 13.8 Å². The predicted octanol–water partition coefficient (Wildman–Crippen LogP) is -0.249. The number of hydrogen-bond acceptors (Lipinski definition) is 2. The molecule has 2 atom stereocenters. The first-order chi connectivity index (χ1) is 4.70. The topological polar surface area (TPSA) is 51.0 Å². The van der Waals surface area contributed by atoms with Crippen LogP contribution in [-0.4, -0.2) is 18.0 Å². The van der Waals surface area contributed by atoms with Gasteiger partial charge >= 0.3 is 0 Å². The molecule has 2 heterocycles. The van der Waals surface area contributed by atoms with Crippen molar-refractivity contribution < 1.29 is 4.79 Å². The van der Waals surface area contributed by atoms with Crippen molar-refractivity contribution in [2.24, 2.45) is 0 Å². The van der Waals surface area contributed by atoms with Crippen molar-refractivity contribution in [3.63, 3.8) is 0 Å². The summed E-state index contributed by atoms with van der Waals surface area (Å²) in [5.74, 6) is 0.119. The summed E-state index contributed by atoms with van der Waals surface area (Å²) in [7, 11) is 0. The molecule has 3 heteroatoms. The zero-order valence-corrected chi connectivity index (χ0v) is 6.06. The Balaban J connectivity index is 2.33. The van der Waals surface area contributed by atoms with Gasteiger partial charge in [-0.2, -0.15) is 0 Å². The Morgan fingerprint density at radius 1 is 1.30 bits per heavy atom. The Labute approximate surface area is 59.5 Å². The fourth-order valence-corrected chi connectivity index (χ4v) is 1.33. The van der Waals surface area contributed by atoms with Gasteiger partial charge in [0.2, 0.25) is 5.91 Å². The number of rotatable bonds is 0. The first-order valence-electron chi connectivity index (χ1n) is 3.44. The Kier molecular flexibility index (Phi) is 0.951. The smallest absolute Gasteiger partial charge is 0.243 e. The zero-order chi connectivity index (χ0) is 7.30. The summed E-state index contributed by atoms with van der Waals surface area (Å²) >= 11 is 0. The molecule has 2 rings (SSSR count). The van der Waals surface area contributed by atoms with Crippen molar-refractivity contribution >= 4 is 5.91 Å². The molecule has 0 aliphatic carbocycles. The Hall–Kier alpha value is -0.830. The van der Waals surface area contributed by atoms with Gasteiger partial charge in [-0.3, -0.25) is 10.1 Å². The van der Waals surface area contributed by atoms with Crippen LogP contribution in [0.1, 0.15) is 13.8 Å². The highest BCUT2D eigenvalue weighted by atomic mass is 16.2. The molecule has 2 aliphatic heterocycles. The lowest BCUT2D eigenvalue weighted by molar-refractivity contribution is -0.120. The third kappa shape index (κ3) is 0.609. The van der Waals surface area contributed by atoms with E-state index in [2.05, 4.69) is 10.6 Å². The summed E-state index contributed by atoms with van der Waals surface area (Å²) in [6.45, 7) is 3.98. The normalized spacial score (nSPS) is 37.2. The van der Waals surface area contributed by atoms with Gasteiger partial charge < -0.3 is 5.32 Å². The summed E-state index contributed by atoms with van der Waals surface area (Å²) in [6, 6.07) is 0.414. The Morgan fingerprint density at radius 2 is 2.00 bits per heavy atom. The number of fused-ring (bicyclic) bond motifs is 1. The van der Waals surface area contributed by atoms with Gasteiger partial charge in [0.1, 0.15) is 6.04 Å². The van der Waals surface area contributed by atoms with Gasteiger partial charge in [-0.05, 0) is 19.4 Å². The molecule has 0 spiro atoms. The van der Waals surface area contributed by atoms with Crippen LogP contribution in [0.2, 0.25) is 0 Å². The molecule has 2 N–H and O–H groups in total. The lowest BCUT2D eigenvalue weighted by Crippen LogP contribution is -2.33. The van der Waals surface area contributed by atoms with Crippen LogP contribution in [0, 0.1) is 0 Å². The van der Waals surface area contributed by atoms with Crippen molar-refractivity contribution in [3.8, 4) is 0 Å². The minimum Gasteiger partial charge on any atom is -0.329 e. The van der Waals surface area contributed by atoms with E-state index in [1.54, 1.807) is 0 Å². The first kappa shape index (κ1) is 5.92. The molecule has 1 saturated heterocycles. The lowest BCUT2D eigenvalue weighted by Gasteiger charge is -2.12. The standard InChI is InChI=1S/C7H10N2O/c1-3-4(2)8-7(10)6-5(3)9-6/h5-6,9H,1-2H3,(H,8,10)/t5?,6-/m1/s1. The highest BCUT2D eigenvalue weighted by Crippen LogP contribution is 2.25. The third-order valence-electron chi connectivity index (χ3n) is 2.23. The van der Waals surface area contributed by atoms with Gasteiger partial charge in [-0.25, -0.2) is 0 Å². The largest absolute Gasteiger partial charge is 0.329 e. The van der Waals surface area contributed by atoms with Crippen molar-refractivity contribution in [1.82, 2.24) is 10.6 Å². The Bertz CT molecular complexity index is 232. The van der Waals surface area contributed by atoms with Crippen LogP contribution in [0.3, 0.4) is 0 Å². The monoisotopic (exact) mass is 138 g/mol. The molecule has 54 valence electrons. The fraction of sp³-hybridized carbons (Fsp3) is 0.571. The summed E-state index contributed by atoms with van der Waals surface area (Å²) in [4.78, 5) is 11.0. The highest BCUT2D eigenvalue weighted by Gasteiger charge is 2.46. The molecule has 0 aromatic heterocycles. The van der Waals surface area contributed by atoms with E-state index in [4.69, 9.17) is 0 Å². The molecular formula is C7H10N2O. The molecular weight excluding hydrogens is 128 g/mol. The maximum absolute atomic E-state index is 11.0. The van der Waals surface area contributed by atoms with Gasteiger partial charge in [0.15, 0.2) is 0 Å². The molecule has 10 heavy (non-hydrogen) atoms. The van der Waals surface area contributed by atoms with E-state index in [-0.39, 0.29) is 11.9 Å². The minimum atomic E-state index is 0.0729. The molecule has 0 saturated carbocycles. The molecule has 0 radical (unpaired) electrons. The van der Waals surface area contributed by atoms with E-state index in [0.29, 0.717) is 6.04 Å². The van der Waals surface area contributed by atoms with Crippen molar-refractivity contribution in [2.45, 2.75) is 25.9 Å². The average molecular weight is 138 g/mol. The van der Waals surface area contributed by atoms with Gasteiger partial charge in [0.05, 0.1) is 6.04 Å². The first-order valence-corrected chi connectivity index (χ1v) is 3.44. The number of amides is 1. The summed E-state index contributed by atoms with van der Waals surface area (Å²) in [5, 5.41) is 5.89. The highest BCUT2D eigenvalue weighted by molar-refractivity contribution is 5.89. The average Bonchev–Trinajstić information content (AvgIpc) is 2.61. The minimum absolute atomic E-state index is 0.0729. The van der Waals surface area contributed by atoms with E-state index in [1.165, 1.54) is 5.57 Å². The van der Waals surface area contributed by atoms with E-state index >= 15 is 0 Å². The van der Waals surface area contributed by atoms with Gasteiger partial charge in [-0.1, -0.05) is 0 Å². The van der Waals surface area contributed by atoms with Crippen LogP contribution in [0.15, 0.2) is 11.3 Å². The predicted molar refractivity (Wildman–Crippen MR) is 37.2 cm³/mol. The lowest BCUT2D eigenvalue weighted by atomic mass is 10.1. The molecule has 1 unspecified atom stereocenters. The van der Waals surface area contributed by atoms with Crippen molar-refractivity contribution in [2.75, 3.05) is 0 Å². The number of nitrogens with one attached hydrogen (secondary N) is 2. The van der Waals surface area contributed by atoms with Crippen LogP contribution < -0.4 is 10.6 Å². The maximum atomic E-state index is 11.0. The van der Waals surface area contributed by atoms with Crippen LogP contribution in [-0.2, 0) is 4.79 Å². The second kappa shape index (κ2) is 1.61. The van der Waals surface area contributed by atoms with Gasteiger partial charge in [-0.15, -0.1) is 0 Å². The maximum Gasteiger partial charge on any atom is 0.243 e. The fourth-order valence-electron chi connectivity index (χ4n) is 1.33. The molecule has 1 fully saturated rings. The number of hydrogen-bond donors (Lipinski definition) is 2. The number of carbonyl (C=O) groups excluding carboxylic acids is 1. The van der Waals surface area contributed by atoms with Crippen LogP contribution >= 0.6 is 0 Å². The number of carbonyl (C=O) groups is 1. The third-order valence-corrected chi connectivity index (χ3v) is 2.23. The zero-order valence-electron chi connectivity index (χ0n) is 6.06. The van der Waals surface area contributed by atoms with E-state index in [0.717, 1.165) is 5.70 Å². The second-order valence-electron chi connectivity index (χ2n) is 2.92. The van der Waals surface area contributed by atoms with E-state index < -0.39 is 0 Å². The molecule has 0 bridgehead atoms. The molecule has 2 aliphatic rings. The second-order valence-corrected chi connectivity index (χ2v) is 2.92. The molecule has 1 amide bonds. The molecule has 0 aromatic carbocycles. The van der Waals surface area contributed by atoms with Crippen LogP contribution in [0.25, 0.3) is 0 Å². The summed E-state index contributed by atoms with van der Waals surface area (Å²) < 4.78 is 0. The summed E-state index contributed by atoms with van der Waals surface area (Å²) in [6.07, 6.45) is 0.